The second-order valence-corrected chi connectivity index (χ2v) is 7.11. The van der Waals surface area contributed by atoms with Crippen LogP contribution in [0.1, 0.15) is 31.8 Å². The first-order valence-electron chi connectivity index (χ1n) is 8.39. The number of halogens is 1. The van der Waals surface area contributed by atoms with Crippen molar-refractivity contribution in [2.24, 2.45) is 0 Å². The van der Waals surface area contributed by atoms with Crippen LogP contribution in [0.2, 0.25) is 0 Å². The van der Waals surface area contributed by atoms with E-state index >= 15 is 0 Å². The molecule has 136 valence electrons. The molecule has 0 aromatic heterocycles. The fourth-order valence-electron chi connectivity index (χ4n) is 2.49. The molecule has 0 aliphatic carbocycles. The number of aryl methyl sites for hydroxylation is 2. The van der Waals surface area contributed by atoms with Crippen LogP contribution in [0.15, 0.2) is 71.2 Å². The standard InChI is InChI=1S/C22H18BrNO3/c1-14-3-4-15(2)20(13-14)24-21(25)16-7-11-19(12-8-16)27-22(26)17-5-9-18(23)10-6-17/h3-13H,1-2H3,(H,24,25). The van der Waals surface area contributed by atoms with Gasteiger partial charge in [0.15, 0.2) is 0 Å². The van der Waals surface area contributed by atoms with Crippen LogP contribution >= 0.6 is 15.9 Å². The van der Waals surface area contributed by atoms with Crippen LogP contribution in [-0.4, -0.2) is 11.9 Å². The van der Waals surface area contributed by atoms with Gasteiger partial charge in [-0.05, 0) is 79.6 Å². The number of benzene rings is 3. The molecule has 1 N–H and O–H groups in total. The normalized spacial score (nSPS) is 10.3. The molecule has 3 aromatic carbocycles. The SMILES string of the molecule is Cc1ccc(C)c(NC(=O)c2ccc(OC(=O)c3ccc(Br)cc3)cc2)c1. The third-order valence-corrected chi connectivity index (χ3v) is 4.58. The van der Waals surface area contributed by atoms with Crippen LogP contribution in [-0.2, 0) is 0 Å². The van der Waals surface area contributed by atoms with Gasteiger partial charge in [-0.1, -0.05) is 28.1 Å². The number of carbonyl (C=O) groups is 2. The molecule has 0 spiro atoms. The molecule has 0 unspecified atom stereocenters. The van der Waals surface area contributed by atoms with Crippen LogP contribution < -0.4 is 10.1 Å². The van der Waals surface area contributed by atoms with E-state index in [0.29, 0.717) is 16.9 Å². The van der Waals surface area contributed by atoms with Crippen molar-refractivity contribution in [2.75, 3.05) is 5.32 Å². The van der Waals surface area contributed by atoms with Gasteiger partial charge >= 0.3 is 5.97 Å². The summed E-state index contributed by atoms with van der Waals surface area (Å²) in [6.07, 6.45) is 0. The van der Waals surface area contributed by atoms with Gasteiger partial charge in [0.05, 0.1) is 5.56 Å². The average Bonchev–Trinajstić information content (AvgIpc) is 2.65. The summed E-state index contributed by atoms with van der Waals surface area (Å²) in [5, 5.41) is 2.91. The van der Waals surface area contributed by atoms with Crippen molar-refractivity contribution in [2.45, 2.75) is 13.8 Å². The topological polar surface area (TPSA) is 55.4 Å². The third-order valence-electron chi connectivity index (χ3n) is 4.05. The highest BCUT2D eigenvalue weighted by Crippen LogP contribution is 2.19. The summed E-state index contributed by atoms with van der Waals surface area (Å²) >= 11 is 3.32. The van der Waals surface area contributed by atoms with Gasteiger partial charge in [-0.15, -0.1) is 0 Å². The minimum absolute atomic E-state index is 0.213. The van der Waals surface area contributed by atoms with Crippen molar-refractivity contribution in [3.8, 4) is 5.75 Å². The fraction of sp³-hybridized carbons (Fsp3) is 0.0909. The minimum atomic E-state index is -0.449. The Morgan fingerprint density at radius 1 is 0.852 bits per heavy atom. The molecule has 0 bridgehead atoms. The van der Waals surface area contributed by atoms with Crippen molar-refractivity contribution in [1.82, 2.24) is 0 Å². The second-order valence-electron chi connectivity index (χ2n) is 6.19. The Labute approximate surface area is 166 Å². The zero-order chi connectivity index (χ0) is 19.4. The van der Waals surface area contributed by atoms with Gasteiger partial charge in [0.25, 0.3) is 5.91 Å². The van der Waals surface area contributed by atoms with E-state index in [9.17, 15) is 9.59 Å². The van der Waals surface area contributed by atoms with E-state index in [1.165, 1.54) is 0 Å². The summed E-state index contributed by atoms with van der Waals surface area (Å²) in [5.74, 6) is -0.282. The van der Waals surface area contributed by atoms with Crippen LogP contribution in [0, 0.1) is 13.8 Å². The lowest BCUT2D eigenvalue weighted by molar-refractivity contribution is 0.0734. The number of amides is 1. The number of anilines is 1. The van der Waals surface area contributed by atoms with Crippen molar-refractivity contribution in [3.63, 3.8) is 0 Å². The molecule has 0 atom stereocenters. The van der Waals surface area contributed by atoms with Crippen molar-refractivity contribution < 1.29 is 14.3 Å². The van der Waals surface area contributed by atoms with Crippen molar-refractivity contribution in [1.29, 1.82) is 0 Å². The molecular formula is C22H18BrNO3. The quantitative estimate of drug-likeness (QED) is 0.442. The largest absolute Gasteiger partial charge is 0.423 e. The van der Waals surface area contributed by atoms with E-state index < -0.39 is 5.97 Å². The highest BCUT2D eigenvalue weighted by atomic mass is 79.9. The number of rotatable bonds is 4. The zero-order valence-electron chi connectivity index (χ0n) is 15.0. The molecule has 3 rings (SSSR count). The number of hydrogen-bond acceptors (Lipinski definition) is 3. The molecule has 0 saturated heterocycles. The van der Waals surface area contributed by atoms with E-state index in [1.807, 2.05) is 32.0 Å². The molecule has 4 nitrogen and oxygen atoms in total. The summed E-state index contributed by atoms with van der Waals surface area (Å²) in [7, 11) is 0. The van der Waals surface area contributed by atoms with Gasteiger partial charge in [0.2, 0.25) is 0 Å². The lowest BCUT2D eigenvalue weighted by atomic mass is 10.1. The molecule has 0 radical (unpaired) electrons. The van der Waals surface area contributed by atoms with Gasteiger partial charge in [-0.25, -0.2) is 4.79 Å². The molecular weight excluding hydrogens is 406 g/mol. The molecule has 0 saturated carbocycles. The van der Waals surface area contributed by atoms with Crippen LogP contribution in [0.5, 0.6) is 5.75 Å². The maximum Gasteiger partial charge on any atom is 0.343 e. The van der Waals surface area contributed by atoms with Crippen molar-refractivity contribution >= 4 is 33.5 Å². The molecule has 1 amide bonds. The number of nitrogens with one attached hydrogen (secondary N) is 1. The molecule has 5 heteroatoms. The Hall–Kier alpha value is -2.92. The van der Waals surface area contributed by atoms with E-state index in [-0.39, 0.29) is 5.91 Å². The lowest BCUT2D eigenvalue weighted by Gasteiger charge is -2.10. The first kappa shape index (κ1) is 18.9. The highest BCUT2D eigenvalue weighted by Gasteiger charge is 2.11. The van der Waals surface area contributed by atoms with Gasteiger partial charge in [-0.3, -0.25) is 4.79 Å². The smallest absolute Gasteiger partial charge is 0.343 e. The number of esters is 1. The Morgan fingerprint density at radius 3 is 2.15 bits per heavy atom. The predicted octanol–water partition coefficient (Wildman–Crippen LogP) is 5.54. The second kappa shape index (κ2) is 8.18. The molecule has 27 heavy (non-hydrogen) atoms. The van der Waals surface area contributed by atoms with Gasteiger partial charge in [0.1, 0.15) is 5.75 Å². The number of carbonyl (C=O) groups excluding carboxylic acids is 2. The first-order chi connectivity index (χ1) is 12.9. The minimum Gasteiger partial charge on any atom is -0.423 e. The molecule has 0 fully saturated rings. The summed E-state index contributed by atoms with van der Waals surface area (Å²) < 4.78 is 6.23. The fourth-order valence-corrected chi connectivity index (χ4v) is 2.76. The Bertz CT molecular complexity index is 979. The van der Waals surface area contributed by atoms with E-state index in [2.05, 4.69) is 21.2 Å². The van der Waals surface area contributed by atoms with E-state index in [0.717, 1.165) is 21.3 Å². The third kappa shape index (κ3) is 4.83. The molecule has 0 aliphatic heterocycles. The first-order valence-corrected chi connectivity index (χ1v) is 9.18. The summed E-state index contributed by atoms with van der Waals surface area (Å²) in [6, 6.07) is 19.3. The van der Waals surface area contributed by atoms with E-state index in [1.54, 1.807) is 48.5 Å². The molecule has 0 heterocycles. The number of ether oxygens (including phenoxy) is 1. The Balaban J connectivity index is 1.67. The van der Waals surface area contributed by atoms with Crippen LogP contribution in [0.4, 0.5) is 5.69 Å². The maximum atomic E-state index is 12.4. The monoisotopic (exact) mass is 423 g/mol. The van der Waals surface area contributed by atoms with E-state index in [4.69, 9.17) is 4.74 Å². The summed E-state index contributed by atoms with van der Waals surface area (Å²) in [4.78, 5) is 24.6. The predicted molar refractivity (Wildman–Crippen MR) is 109 cm³/mol. The molecule has 0 aliphatic rings. The van der Waals surface area contributed by atoms with Gasteiger partial charge in [0, 0.05) is 15.7 Å². The van der Waals surface area contributed by atoms with Crippen LogP contribution in [0.25, 0.3) is 0 Å². The average molecular weight is 424 g/mol. The summed E-state index contributed by atoms with van der Waals surface area (Å²) in [5.41, 5.74) is 3.79. The summed E-state index contributed by atoms with van der Waals surface area (Å²) in [6.45, 7) is 3.92. The maximum absolute atomic E-state index is 12.4. The van der Waals surface area contributed by atoms with Gasteiger partial charge < -0.3 is 10.1 Å². The highest BCUT2D eigenvalue weighted by molar-refractivity contribution is 9.10. The zero-order valence-corrected chi connectivity index (χ0v) is 16.5. The van der Waals surface area contributed by atoms with Gasteiger partial charge in [-0.2, -0.15) is 0 Å². The van der Waals surface area contributed by atoms with Crippen molar-refractivity contribution in [3.05, 3.63) is 93.5 Å². The lowest BCUT2D eigenvalue weighted by Crippen LogP contribution is -2.13. The Morgan fingerprint density at radius 2 is 1.48 bits per heavy atom. The Kier molecular flexibility index (Phi) is 5.72. The van der Waals surface area contributed by atoms with Crippen LogP contribution in [0.3, 0.4) is 0 Å². The molecule has 3 aromatic rings. The number of hydrogen-bond donors (Lipinski definition) is 1.